The van der Waals surface area contributed by atoms with Crippen molar-refractivity contribution in [3.63, 3.8) is 0 Å². The topological polar surface area (TPSA) is 20.3 Å². The summed E-state index contributed by atoms with van der Waals surface area (Å²) in [6.45, 7) is 8.93. The van der Waals surface area contributed by atoms with E-state index < -0.39 is 0 Å². The molecule has 0 N–H and O–H groups in total. The van der Waals surface area contributed by atoms with Gasteiger partial charge in [-0.2, -0.15) is 0 Å². The summed E-state index contributed by atoms with van der Waals surface area (Å²) in [7, 11) is 0. The molecule has 0 atom stereocenters. The van der Waals surface area contributed by atoms with Gasteiger partial charge in [0.05, 0.1) is 0 Å². The molecule has 2 nitrogen and oxygen atoms in total. The van der Waals surface area contributed by atoms with Crippen LogP contribution in [-0.2, 0) is 6.42 Å². The predicted molar refractivity (Wildman–Crippen MR) is 72.9 cm³/mol. The first kappa shape index (κ1) is 14.2. The Morgan fingerprint density at radius 2 is 1.94 bits per heavy atom. The fraction of sp³-hybridized carbons (Fsp3) is 0.500. The molecular weight excluding hydrogens is 234 g/mol. The van der Waals surface area contributed by atoms with Crippen LogP contribution in [0.5, 0.6) is 0 Å². The lowest BCUT2D eigenvalue weighted by Crippen LogP contribution is -2.25. The molecule has 1 aromatic rings. The Bertz CT molecular complexity index is 386. The van der Waals surface area contributed by atoms with E-state index >= 15 is 0 Å². The van der Waals surface area contributed by atoms with Crippen molar-refractivity contribution in [1.29, 1.82) is 0 Å². The number of hydrogen-bond acceptors (Lipinski definition) is 2. The molecule has 94 valence electrons. The minimum absolute atomic E-state index is 0.108. The van der Waals surface area contributed by atoms with E-state index in [4.69, 9.17) is 11.6 Å². The van der Waals surface area contributed by atoms with Gasteiger partial charge < -0.3 is 4.90 Å². The normalized spacial score (nSPS) is 10.9. The highest BCUT2D eigenvalue weighted by molar-refractivity contribution is 6.30. The fourth-order valence-corrected chi connectivity index (χ4v) is 2.13. The maximum Gasteiger partial charge on any atom is 0.160 e. The smallest absolute Gasteiger partial charge is 0.160 e. The van der Waals surface area contributed by atoms with Crippen molar-refractivity contribution < 1.29 is 4.79 Å². The van der Waals surface area contributed by atoms with E-state index in [9.17, 15) is 4.79 Å². The number of nitrogens with zero attached hydrogens (tertiary/aromatic N) is 1. The van der Waals surface area contributed by atoms with Gasteiger partial charge in [-0.05, 0) is 50.2 Å². The van der Waals surface area contributed by atoms with E-state index in [1.165, 1.54) is 0 Å². The van der Waals surface area contributed by atoms with Gasteiger partial charge in [0.15, 0.2) is 5.78 Å². The lowest BCUT2D eigenvalue weighted by molar-refractivity contribution is 0.101. The van der Waals surface area contributed by atoms with Crippen LogP contribution >= 0.6 is 11.6 Å². The van der Waals surface area contributed by atoms with Crippen molar-refractivity contribution in [3.8, 4) is 0 Å². The third kappa shape index (κ3) is 4.14. The molecule has 0 saturated heterocycles. The Morgan fingerprint density at radius 1 is 1.29 bits per heavy atom. The SMILES string of the molecule is CCN(CC)CCc1cc(Cl)ccc1C(C)=O. The standard InChI is InChI=1S/C14H20ClNO/c1-4-16(5-2)9-8-12-10-13(15)6-7-14(12)11(3)17/h6-7,10H,4-5,8-9H2,1-3H3. The van der Waals surface area contributed by atoms with Crippen LogP contribution in [-0.4, -0.2) is 30.3 Å². The number of halogens is 1. The molecule has 0 aromatic heterocycles. The number of hydrogen-bond donors (Lipinski definition) is 0. The van der Waals surface area contributed by atoms with E-state index in [0.717, 1.165) is 37.2 Å². The first-order valence-corrected chi connectivity index (χ1v) is 6.48. The van der Waals surface area contributed by atoms with Crippen LogP contribution < -0.4 is 0 Å². The predicted octanol–water partition coefficient (Wildman–Crippen LogP) is 3.43. The number of carbonyl (C=O) groups is 1. The molecule has 1 rings (SSSR count). The van der Waals surface area contributed by atoms with Gasteiger partial charge in [0, 0.05) is 17.1 Å². The summed E-state index contributed by atoms with van der Waals surface area (Å²) in [5, 5.41) is 0.699. The third-order valence-corrected chi connectivity index (χ3v) is 3.27. The van der Waals surface area contributed by atoms with E-state index in [0.29, 0.717) is 5.02 Å². The van der Waals surface area contributed by atoms with Crippen molar-refractivity contribution in [2.24, 2.45) is 0 Å². The number of carbonyl (C=O) groups excluding carboxylic acids is 1. The first-order valence-electron chi connectivity index (χ1n) is 6.10. The molecule has 0 saturated carbocycles. The zero-order valence-corrected chi connectivity index (χ0v) is 11.5. The first-order chi connectivity index (χ1) is 8.08. The van der Waals surface area contributed by atoms with Crippen LogP contribution in [0, 0.1) is 0 Å². The lowest BCUT2D eigenvalue weighted by atomic mass is 10.0. The van der Waals surface area contributed by atoms with E-state index in [2.05, 4.69) is 18.7 Å². The van der Waals surface area contributed by atoms with E-state index in [1.54, 1.807) is 13.0 Å². The lowest BCUT2D eigenvalue weighted by Gasteiger charge is -2.18. The fourth-order valence-electron chi connectivity index (χ4n) is 1.93. The maximum absolute atomic E-state index is 11.5. The van der Waals surface area contributed by atoms with Gasteiger partial charge in [-0.1, -0.05) is 25.4 Å². The summed E-state index contributed by atoms with van der Waals surface area (Å²) in [5.41, 5.74) is 1.85. The Hall–Kier alpha value is -0.860. The van der Waals surface area contributed by atoms with Gasteiger partial charge in [-0.25, -0.2) is 0 Å². The summed E-state index contributed by atoms with van der Waals surface area (Å²) in [6.07, 6.45) is 0.872. The number of rotatable bonds is 6. The summed E-state index contributed by atoms with van der Waals surface area (Å²) < 4.78 is 0. The van der Waals surface area contributed by atoms with Gasteiger partial charge in [-0.3, -0.25) is 4.79 Å². The van der Waals surface area contributed by atoms with E-state index in [-0.39, 0.29) is 5.78 Å². The molecule has 0 fully saturated rings. The van der Waals surface area contributed by atoms with Crippen LogP contribution in [0.25, 0.3) is 0 Å². The molecule has 0 heterocycles. The number of Topliss-reactive ketones (excluding diaryl/α,β-unsaturated/α-hetero) is 1. The number of benzene rings is 1. The molecule has 0 aliphatic rings. The summed E-state index contributed by atoms with van der Waals surface area (Å²) in [5.74, 6) is 0.108. The summed E-state index contributed by atoms with van der Waals surface area (Å²) in [4.78, 5) is 13.8. The molecule has 1 aromatic carbocycles. The second-order valence-electron chi connectivity index (χ2n) is 4.13. The van der Waals surface area contributed by atoms with Crippen molar-refractivity contribution in [2.75, 3.05) is 19.6 Å². The second kappa shape index (κ2) is 6.77. The van der Waals surface area contributed by atoms with E-state index in [1.807, 2.05) is 12.1 Å². The molecule has 3 heteroatoms. The van der Waals surface area contributed by atoms with Crippen LogP contribution in [0.2, 0.25) is 5.02 Å². The average molecular weight is 254 g/mol. The average Bonchev–Trinajstić information content (AvgIpc) is 2.30. The second-order valence-corrected chi connectivity index (χ2v) is 4.57. The largest absolute Gasteiger partial charge is 0.304 e. The molecule has 17 heavy (non-hydrogen) atoms. The van der Waals surface area contributed by atoms with Crippen molar-refractivity contribution in [1.82, 2.24) is 4.90 Å². The number of likely N-dealkylation sites (N-methyl/N-ethyl adjacent to an activating group) is 1. The minimum Gasteiger partial charge on any atom is -0.304 e. The number of ketones is 1. The highest BCUT2D eigenvalue weighted by Gasteiger charge is 2.09. The monoisotopic (exact) mass is 253 g/mol. The van der Waals surface area contributed by atoms with Gasteiger partial charge >= 0.3 is 0 Å². The molecule has 0 bridgehead atoms. The molecule has 0 aliphatic carbocycles. The summed E-state index contributed by atoms with van der Waals surface area (Å²) in [6, 6.07) is 5.50. The van der Waals surface area contributed by atoms with Crippen molar-refractivity contribution >= 4 is 17.4 Å². The van der Waals surface area contributed by atoms with Crippen molar-refractivity contribution in [2.45, 2.75) is 27.2 Å². The molecule has 0 amide bonds. The van der Waals surface area contributed by atoms with Gasteiger partial charge in [-0.15, -0.1) is 0 Å². The Labute approximate surface area is 109 Å². The third-order valence-electron chi connectivity index (χ3n) is 3.04. The maximum atomic E-state index is 11.5. The van der Waals surface area contributed by atoms with Gasteiger partial charge in [0.1, 0.15) is 0 Å². The Morgan fingerprint density at radius 3 is 2.47 bits per heavy atom. The summed E-state index contributed by atoms with van der Waals surface area (Å²) >= 11 is 5.98. The van der Waals surface area contributed by atoms with Gasteiger partial charge in [0.2, 0.25) is 0 Å². The van der Waals surface area contributed by atoms with Gasteiger partial charge in [0.25, 0.3) is 0 Å². The van der Waals surface area contributed by atoms with Crippen LogP contribution in [0.3, 0.4) is 0 Å². The Kier molecular flexibility index (Phi) is 5.66. The molecule has 0 aliphatic heterocycles. The molecule has 0 spiro atoms. The van der Waals surface area contributed by atoms with Crippen LogP contribution in [0.1, 0.15) is 36.7 Å². The molecule has 0 unspecified atom stereocenters. The quantitative estimate of drug-likeness (QED) is 0.724. The molecular formula is C14H20ClNO. The minimum atomic E-state index is 0.108. The zero-order valence-electron chi connectivity index (χ0n) is 10.8. The Balaban J connectivity index is 2.81. The van der Waals surface area contributed by atoms with Crippen molar-refractivity contribution in [3.05, 3.63) is 34.3 Å². The van der Waals surface area contributed by atoms with Crippen LogP contribution in [0.4, 0.5) is 0 Å². The van der Waals surface area contributed by atoms with Crippen LogP contribution in [0.15, 0.2) is 18.2 Å². The molecule has 0 radical (unpaired) electrons. The highest BCUT2D eigenvalue weighted by atomic mass is 35.5. The highest BCUT2D eigenvalue weighted by Crippen LogP contribution is 2.17. The zero-order chi connectivity index (χ0) is 12.8.